The van der Waals surface area contributed by atoms with Gasteiger partial charge in [-0.2, -0.15) is 5.48 Å². The molecule has 1 unspecified atom stereocenters. The van der Waals surface area contributed by atoms with Gasteiger partial charge in [-0.1, -0.05) is 95.2 Å². The van der Waals surface area contributed by atoms with Gasteiger partial charge < -0.3 is 20.0 Å². The van der Waals surface area contributed by atoms with E-state index in [2.05, 4.69) is 10.8 Å². The number of nitrogens with one attached hydrogen (secondary N) is 2. The molecule has 1 amide bonds. The first-order valence-corrected chi connectivity index (χ1v) is 12.3. The van der Waals surface area contributed by atoms with E-state index in [1.165, 1.54) is 6.08 Å². The average Bonchev–Trinajstić information content (AvgIpc) is 3.17. The molecule has 0 spiro atoms. The zero-order valence-corrected chi connectivity index (χ0v) is 22.5. The first-order chi connectivity index (χ1) is 18.2. The van der Waals surface area contributed by atoms with Gasteiger partial charge in [0.05, 0.1) is 0 Å². The highest BCUT2D eigenvalue weighted by Gasteiger charge is 2.21. The van der Waals surface area contributed by atoms with E-state index in [9.17, 15) is 14.4 Å². The van der Waals surface area contributed by atoms with Gasteiger partial charge in [0.15, 0.2) is 6.10 Å². The number of rotatable bonds is 11. The lowest BCUT2D eigenvalue weighted by molar-refractivity contribution is -0.158. The molecule has 8 heteroatoms. The van der Waals surface area contributed by atoms with Gasteiger partial charge in [0.1, 0.15) is 0 Å². The van der Waals surface area contributed by atoms with Crippen molar-refractivity contribution >= 4 is 17.8 Å². The molecule has 0 bridgehead atoms. The summed E-state index contributed by atoms with van der Waals surface area (Å²) in [5, 5.41) is 11.7. The number of carboxylic acids is 1. The highest BCUT2D eigenvalue weighted by molar-refractivity contribution is 5.86. The maximum atomic E-state index is 12.0. The number of ether oxygens (including phenoxy) is 1. The summed E-state index contributed by atoms with van der Waals surface area (Å²) in [4.78, 5) is 39.1. The predicted molar refractivity (Wildman–Crippen MR) is 150 cm³/mol. The third-order valence-electron chi connectivity index (χ3n) is 4.93. The number of amides is 1. The van der Waals surface area contributed by atoms with Gasteiger partial charge in [0, 0.05) is 25.3 Å². The summed E-state index contributed by atoms with van der Waals surface area (Å²) >= 11 is 0. The standard InChI is InChI=1S/C30H38N2O6/c1-23(12-7-14-25(3)16-18-28(33)34)10-5-6-11-24(2)13-8-15-26(4)17-19-29(35)38-32-30(36)27-22-31-20-9-21-37-27/h5-8,10-19,27,31H,9,20-22H2,1-4H3,(H,32,36)(H,33,34)/b6-5+,12-7+,13-8+,18-16+,19-17+,23-10+,24-11+,25-14-,26-15+. The molecule has 1 aliphatic heterocycles. The fourth-order valence-corrected chi connectivity index (χ4v) is 2.83. The minimum absolute atomic E-state index is 0.374. The molecule has 8 nitrogen and oxygen atoms in total. The van der Waals surface area contributed by atoms with Crippen LogP contribution in [-0.4, -0.2) is 48.8 Å². The van der Waals surface area contributed by atoms with Crippen LogP contribution in [0.1, 0.15) is 34.1 Å². The first kappa shape index (κ1) is 32.0. The molecule has 0 radical (unpaired) electrons. The van der Waals surface area contributed by atoms with Crippen molar-refractivity contribution in [3.8, 4) is 0 Å². The van der Waals surface area contributed by atoms with Crippen molar-refractivity contribution in [2.45, 2.75) is 40.2 Å². The number of hydrogen-bond acceptors (Lipinski definition) is 6. The van der Waals surface area contributed by atoms with Crippen LogP contribution in [0.15, 0.2) is 107 Å². The zero-order valence-electron chi connectivity index (χ0n) is 22.5. The Bertz CT molecular complexity index is 1080. The third-order valence-corrected chi connectivity index (χ3v) is 4.93. The van der Waals surface area contributed by atoms with E-state index >= 15 is 0 Å². The number of aliphatic carboxylic acids is 1. The average molecular weight is 523 g/mol. The zero-order chi connectivity index (χ0) is 28.2. The largest absolute Gasteiger partial charge is 0.478 e. The van der Waals surface area contributed by atoms with Gasteiger partial charge in [-0.15, -0.1) is 0 Å². The van der Waals surface area contributed by atoms with Crippen LogP contribution in [0.25, 0.3) is 0 Å². The fraction of sp³-hybridized carbons (Fsp3) is 0.300. The lowest BCUT2D eigenvalue weighted by Crippen LogP contribution is -2.42. The molecule has 0 aliphatic carbocycles. The Morgan fingerprint density at radius 2 is 1.32 bits per heavy atom. The van der Waals surface area contributed by atoms with Crippen molar-refractivity contribution in [1.82, 2.24) is 10.8 Å². The van der Waals surface area contributed by atoms with Gasteiger partial charge in [-0.25, -0.2) is 9.59 Å². The van der Waals surface area contributed by atoms with Crippen molar-refractivity contribution in [1.29, 1.82) is 0 Å². The van der Waals surface area contributed by atoms with Crippen LogP contribution in [0.5, 0.6) is 0 Å². The molecule has 3 N–H and O–H groups in total. The van der Waals surface area contributed by atoms with E-state index in [0.717, 1.165) is 41.3 Å². The number of carbonyl (C=O) groups is 3. The van der Waals surface area contributed by atoms with E-state index in [-0.39, 0.29) is 0 Å². The van der Waals surface area contributed by atoms with Crippen molar-refractivity contribution in [2.24, 2.45) is 0 Å². The second-order valence-electron chi connectivity index (χ2n) is 8.56. The van der Waals surface area contributed by atoms with Crippen LogP contribution in [0.3, 0.4) is 0 Å². The molecule has 1 heterocycles. The molecule has 1 fully saturated rings. The Labute approximate surface area is 225 Å². The second kappa shape index (κ2) is 19.1. The lowest BCUT2D eigenvalue weighted by Gasteiger charge is -2.13. The Morgan fingerprint density at radius 3 is 1.89 bits per heavy atom. The predicted octanol–water partition coefficient (Wildman–Crippen LogP) is 4.59. The highest BCUT2D eigenvalue weighted by atomic mass is 16.7. The molecule has 0 aromatic rings. The summed E-state index contributed by atoms with van der Waals surface area (Å²) < 4.78 is 5.40. The number of carbonyl (C=O) groups excluding carboxylic acids is 2. The molecule has 1 atom stereocenters. The Hall–Kier alpha value is -4.01. The first-order valence-electron chi connectivity index (χ1n) is 12.3. The molecule has 1 rings (SSSR count). The summed E-state index contributed by atoms with van der Waals surface area (Å²) in [6.45, 7) is 9.26. The van der Waals surface area contributed by atoms with Crippen molar-refractivity contribution < 1.29 is 29.1 Å². The van der Waals surface area contributed by atoms with Crippen LogP contribution in [0.4, 0.5) is 0 Å². The lowest BCUT2D eigenvalue weighted by atomic mass is 10.2. The molecule has 38 heavy (non-hydrogen) atoms. The molecule has 0 saturated carbocycles. The quantitative estimate of drug-likeness (QED) is 0.207. The SMILES string of the molecule is CC(=C/C=C/C(C)=C/C=C/C=C(C)/C=C/C=C(C)/C=C/C(=O)ONC(=O)C1CNCCCO1)/C=C/C(=O)O. The van der Waals surface area contributed by atoms with E-state index in [4.69, 9.17) is 14.7 Å². The molecule has 0 aromatic carbocycles. The van der Waals surface area contributed by atoms with E-state index < -0.39 is 23.9 Å². The van der Waals surface area contributed by atoms with Crippen LogP contribution in [0.2, 0.25) is 0 Å². The van der Waals surface area contributed by atoms with Gasteiger partial charge >= 0.3 is 11.9 Å². The van der Waals surface area contributed by atoms with E-state index in [1.54, 1.807) is 12.2 Å². The van der Waals surface area contributed by atoms with Crippen LogP contribution >= 0.6 is 0 Å². The van der Waals surface area contributed by atoms with Crippen molar-refractivity contribution in [3.63, 3.8) is 0 Å². The number of carboxylic acid groups (broad SMARTS) is 1. The number of allylic oxidation sites excluding steroid dienone is 16. The molecular weight excluding hydrogens is 484 g/mol. The summed E-state index contributed by atoms with van der Waals surface area (Å²) in [5.41, 5.74) is 5.90. The maximum Gasteiger partial charge on any atom is 0.355 e. The van der Waals surface area contributed by atoms with E-state index in [0.29, 0.717) is 13.2 Å². The van der Waals surface area contributed by atoms with Crippen LogP contribution in [-0.2, 0) is 24.0 Å². The Kier molecular flexibility index (Phi) is 16.1. The number of hydroxylamine groups is 1. The second-order valence-corrected chi connectivity index (χ2v) is 8.56. The maximum absolute atomic E-state index is 12.0. The van der Waals surface area contributed by atoms with Gasteiger partial charge in [-0.05, 0) is 40.7 Å². The topological polar surface area (TPSA) is 114 Å². The van der Waals surface area contributed by atoms with Gasteiger partial charge in [0.2, 0.25) is 0 Å². The normalized spacial score (nSPS) is 18.7. The summed E-state index contributed by atoms with van der Waals surface area (Å²) in [7, 11) is 0. The Morgan fingerprint density at radius 1 is 0.789 bits per heavy atom. The monoisotopic (exact) mass is 522 g/mol. The highest BCUT2D eigenvalue weighted by Crippen LogP contribution is 2.03. The molecule has 1 saturated heterocycles. The third kappa shape index (κ3) is 16.6. The minimum atomic E-state index is -0.969. The molecular formula is C30H38N2O6. The van der Waals surface area contributed by atoms with Crippen molar-refractivity contribution in [3.05, 3.63) is 107 Å². The molecule has 1 aliphatic rings. The van der Waals surface area contributed by atoms with Gasteiger partial charge in [0.25, 0.3) is 5.91 Å². The summed E-state index contributed by atoms with van der Waals surface area (Å²) in [6.07, 6.45) is 24.8. The van der Waals surface area contributed by atoms with Crippen LogP contribution < -0.4 is 10.8 Å². The van der Waals surface area contributed by atoms with E-state index in [1.807, 2.05) is 88.5 Å². The fourth-order valence-electron chi connectivity index (χ4n) is 2.83. The minimum Gasteiger partial charge on any atom is -0.478 e. The van der Waals surface area contributed by atoms with Crippen molar-refractivity contribution in [2.75, 3.05) is 19.7 Å². The van der Waals surface area contributed by atoms with Gasteiger partial charge in [-0.3, -0.25) is 4.79 Å². The Balaban J connectivity index is 2.46. The van der Waals surface area contributed by atoms with Crippen LogP contribution in [0, 0.1) is 0 Å². The summed E-state index contributed by atoms with van der Waals surface area (Å²) in [6, 6.07) is 0. The number of hydrogen-bond donors (Lipinski definition) is 3. The summed E-state index contributed by atoms with van der Waals surface area (Å²) in [5.74, 6) is -2.15. The molecule has 204 valence electrons. The molecule has 0 aromatic heterocycles. The smallest absolute Gasteiger partial charge is 0.355 e.